The summed E-state index contributed by atoms with van der Waals surface area (Å²) in [6.07, 6.45) is -3.37. The first-order chi connectivity index (χ1) is 7.95. The molecule has 0 amide bonds. The average molecular weight is 247 g/mol. The third-order valence-electron chi connectivity index (χ3n) is 1.96. The quantitative estimate of drug-likeness (QED) is 0.781. The number of hydrogen-bond donors (Lipinski definition) is 2. The predicted molar refractivity (Wildman–Crippen MR) is 54.0 cm³/mol. The summed E-state index contributed by atoms with van der Waals surface area (Å²) in [6, 6.07) is 0.916. The number of carbonyl (C=O) groups is 1. The van der Waals surface area contributed by atoms with Gasteiger partial charge >= 0.3 is 5.97 Å². The Morgan fingerprint density at radius 2 is 2.24 bits per heavy atom. The summed E-state index contributed by atoms with van der Waals surface area (Å²) in [5.41, 5.74) is -2.09. The molecule has 0 atom stereocenters. The van der Waals surface area contributed by atoms with E-state index in [0.717, 1.165) is 6.07 Å². The highest BCUT2D eigenvalue weighted by Gasteiger charge is 2.19. The van der Waals surface area contributed by atoms with Crippen LogP contribution in [0.25, 0.3) is 0 Å². The summed E-state index contributed by atoms with van der Waals surface area (Å²) in [7, 11) is 0. The second kappa shape index (κ2) is 5.42. The fraction of sp³-hybridized carbons (Fsp3) is 0.400. The van der Waals surface area contributed by atoms with Crippen molar-refractivity contribution < 1.29 is 23.4 Å². The first kappa shape index (κ1) is 13.1. The van der Waals surface area contributed by atoms with Gasteiger partial charge in [0.2, 0.25) is 0 Å². The van der Waals surface area contributed by atoms with E-state index in [2.05, 4.69) is 9.72 Å². The van der Waals surface area contributed by atoms with E-state index in [1.807, 2.05) is 0 Å². The molecule has 0 saturated heterocycles. The standard InChI is InChI=1S/C10H11F2NO4/c1-2-17-7(15)4-5-3-6(14)8(9(11)12)10(16)13-5/h3,9H,2,4H2,1H3,(H2,13,14,16). The summed E-state index contributed by atoms with van der Waals surface area (Å²) in [4.78, 5) is 24.4. The van der Waals surface area contributed by atoms with Gasteiger partial charge in [0.1, 0.15) is 11.3 Å². The molecule has 17 heavy (non-hydrogen) atoms. The number of aromatic hydroxyl groups is 1. The van der Waals surface area contributed by atoms with Gasteiger partial charge < -0.3 is 14.8 Å². The largest absolute Gasteiger partial charge is 0.507 e. The zero-order valence-corrected chi connectivity index (χ0v) is 9.00. The van der Waals surface area contributed by atoms with Crippen LogP contribution in [0.15, 0.2) is 10.9 Å². The highest BCUT2D eigenvalue weighted by Crippen LogP contribution is 2.24. The first-order valence-electron chi connectivity index (χ1n) is 4.84. The highest BCUT2D eigenvalue weighted by atomic mass is 19.3. The molecule has 94 valence electrons. The lowest BCUT2D eigenvalue weighted by atomic mass is 10.2. The minimum Gasteiger partial charge on any atom is -0.507 e. The molecular formula is C10H11F2NO4. The molecule has 0 radical (unpaired) electrons. The summed E-state index contributed by atoms with van der Waals surface area (Å²) in [6.45, 7) is 1.78. The monoisotopic (exact) mass is 247 g/mol. The Balaban J connectivity index is 2.99. The number of carbonyl (C=O) groups excluding carboxylic acids is 1. The van der Waals surface area contributed by atoms with Crippen molar-refractivity contribution in [1.29, 1.82) is 0 Å². The molecule has 1 aromatic heterocycles. The van der Waals surface area contributed by atoms with Gasteiger partial charge in [-0.3, -0.25) is 9.59 Å². The van der Waals surface area contributed by atoms with Gasteiger partial charge in [0.25, 0.3) is 12.0 Å². The van der Waals surface area contributed by atoms with Gasteiger partial charge in [-0.25, -0.2) is 8.78 Å². The van der Waals surface area contributed by atoms with Gasteiger partial charge in [-0.2, -0.15) is 0 Å². The molecule has 0 unspecified atom stereocenters. The van der Waals surface area contributed by atoms with E-state index in [4.69, 9.17) is 0 Å². The van der Waals surface area contributed by atoms with E-state index >= 15 is 0 Å². The number of hydrogen-bond acceptors (Lipinski definition) is 4. The maximum atomic E-state index is 12.3. The van der Waals surface area contributed by atoms with Gasteiger partial charge in [0.05, 0.1) is 13.0 Å². The molecule has 2 N–H and O–H groups in total. The summed E-state index contributed by atoms with van der Waals surface area (Å²) in [5, 5.41) is 9.23. The van der Waals surface area contributed by atoms with Gasteiger partial charge in [0, 0.05) is 11.8 Å². The third-order valence-corrected chi connectivity index (χ3v) is 1.96. The summed E-state index contributed by atoms with van der Waals surface area (Å²) >= 11 is 0. The Kier molecular flexibility index (Phi) is 4.19. The predicted octanol–water partition coefficient (Wildman–Crippen LogP) is 1.12. The van der Waals surface area contributed by atoms with Crippen molar-refractivity contribution in [3.8, 4) is 5.75 Å². The zero-order chi connectivity index (χ0) is 13.0. The highest BCUT2D eigenvalue weighted by molar-refractivity contribution is 5.72. The van der Waals surface area contributed by atoms with E-state index in [0.29, 0.717) is 0 Å². The number of rotatable bonds is 4. The summed E-state index contributed by atoms with van der Waals surface area (Å²) in [5.74, 6) is -1.45. The van der Waals surface area contributed by atoms with Crippen molar-refractivity contribution in [2.45, 2.75) is 19.8 Å². The molecule has 0 bridgehead atoms. The van der Waals surface area contributed by atoms with Crippen LogP contribution in [0.1, 0.15) is 24.6 Å². The number of esters is 1. The topological polar surface area (TPSA) is 79.4 Å². The third kappa shape index (κ3) is 3.27. The van der Waals surface area contributed by atoms with E-state index in [9.17, 15) is 23.5 Å². The molecule has 1 aromatic rings. The van der Waals surface area contributed by atoms with Crippen LogP contribution in [0.5, 0.6) is 5.75 Å². The smallest absolute Gasteiger partial charge is 0.311 e. The van der Waals surface area contributed by atoms with E-state index in [-0.39, 0.29) is 18.7 Å². The van der Waals surface area contributed by atoms with Crippen LogP contribution in [0.4, 0.5) is 8.78 Å². The number of pyridine rings is 1. The van der Waals surface area contributed by atoms with Crippen LogP contribution in [-0.4, -0.2) is 22.7 Å². The number of aromatic nitrogens is 1. The molecule has 7 heteroatoms. The number of H-pyrrole nitrogens is 1. The second-order valence-corrected chi connectivity index (χ2v) is 3.21. The van der Waals surface area contributed by atoms with Crippen LogP contribution < -0.4 is 5.56 Å². The number of nitrogens with one attached hydrogen (secondary N) is 1. The maximum absolute atomic E-state index is 12.3. The molecular weight excluding hydrogens is 236 g/mol. The SMILES string of the molecule is CCOC(=O)Cc1cc(O)c(C(F)F)c(=O)[nH]1. The van der Waals surface area contributed by atoms with Crippen molar-refractivity contribution >= 4 is 5.97 Å². The number of aromatic amines is 1. The molecule has 5 nitrogen and oxygen atoms in total. The molecule has 0 saturated carbocycles. The van der Waals surface area contributed by atoms with Crippen LogP contribution >= 0.6 is 0 Å². The maximum Gasteiger partial charge on any atom is 0.311 e. The lowest BCUT2D eigenvalue weighted by Crippen LogP contribution is -2.17. The Morgan fingerprint density at radius 1 is 1.59 bits per heavy atom. The number of ether oxygens (including phenoxy) is 1. The fourth-order valence-corrected chi connectivity index (χ4v) is 1.28. The second-order valence-electron chi connectivity index (χ2n) is 3.21. The minimum atomic E-state index is -3.07. The van der Waals surface area contributed by atoms with Crippen molar-refractivity contribution in [2.75, 3.05) is 6.61 Å². The number of halogens is 2. The Labute approximate surface area is 95.0 Å². The average Bonchev–Trinajstić information content (AvgIpc) is 2.15. The van der Waals surface area contributed by atoms with Crippen molar-refractivity contribution in [3.63, 3.8) is 0 Å². The van der Waals surface area contributed by atoms with Crippen molar-refractivity contribution in [3.05, 3.63) is 27.7 Å². The van der Waals surface area contributed by atoms with Crippen LogP contribution in [0.3, 0.4) is 0 Å². The molecule has 0 spiro atoms. The molecule has 0 aromatic carbocycles. The number of alkyl halides is 2. The van der Waals surface area contributed by atoms with Gasteiger partial charge in [-0.1, -0.05) is 0 Å². The lowest BCUT2D eigenvalue weighted by Gasteiger charge is -2.06. The fourth-order valence-electron chi connectivity index (χ4n) is 1.28. The van der Waals surface area contributed by atoms with E-state index < -0.39 is 29.3 Å². The Morgan fingerprint density at radius 3 is 2.71 bits per heavy atom. The van der Waals surface area contributed by atoms with Gasteiger partial charge in [0.15, 0.2) is 0 Å². The Hall–Kier alpha value is -1.92. The lowest BCUT2D eigenvalue weighted by molar-refractivity contribution is -0.142. The van der Waals surface area contributed by atoms with Crippen molar-refractivity contribution in [1.82, 2.24) is 4.98 Å². The van der Waals surface area contributed by atoms with Crippen molar-refractivity contribution in [2.24, 2.45) is 0 Å². The molecule has 1 heterocycles. The van der Waals surface area contributed by atoms with E-state index in [1.165, 1.54) is 0 Å². The molecule has 0 fully saturated rings. The molecule has 0 aliphatic rings. The molecule has 0 aliphatic carbocycles. The van der Waals surface area contributed by atoms with Crippen LogP contribution in [0.2, 0.25) is 0 Å². The molecule has 1 rings (SSSR count). The van der Waals surface area contributed by atoms with Crippen LogP contribution in [-0.2, 0) is 16.0 Å². The molecule has 0 aliphatic heterocycles. The van der Waals surface area contributed by atoms with Gasteiger partial charge in [-0.05, 0) is 6.92 Å². The normalized spacial score (nSPS) is 10.6. The minimum absolute atomic E-state index is 0.0235. The summed E-state index contributed by atoms with van der Waals surface area (Å²) < 4.78 is 29.3. The first-order valence-corrected chi connectivity index (χ1v) is 4.84. The Bertz CT molecular complexity index is 470. The van der Waals surface area contributed by atoms with Crippen LogP contribution in [0, 0.1) is 0 Å². The zero-order valence-electron chi connectivity index (χ0n) is 9.00. The van der Waals surface area contributed by atoms with Gasteiger partial charge in [-0.15, -0.1) is 0 Å². The van der Waals surface area contributed by atoms with E-state index in [1.54, 1.807) is 6.92 Å².